The Hall–Kier alpha value is -1.85. The van der Waals surface area contributed by atoms with E-state index in [4.69, 9.17) is 14.2 Å². The number of ether oxygens (including phenoxy) is 3. The zero-order valence-corrected chi connectivity index (χ0v) is 55.4. The number of unbranched alkanes of at least 4 members (excludes halogenated alkanes) is 57. The van der Waals surface area contributed by atoms with Crippen molar-refractivity contribution < 1.29 is 28.6 Å². The van der Waals surface area contributed by atoms with Gasteiger partial charge in [0.15, 0.2) is 6.10 Å². The van der Waals surface area contributed by atoms with Gasteiger partial charge in [-0.2, -0.15) is 0 Å². The molecular weight excluding hydrogens is 997 g/mol. The van der Waals surface area contributed by atoms with E-state index in [1.807, 2.05) is 0 Å². The smallest absolute Gasteiger partial charge is 0.306 e. The fourth-order valence-corrected chi connectivity index (χ4v) is 11.7. The molecule has 0 aliphatic carbocycles. The molecule has 0 amide bonds. The second-order valence-corrected chi connectivity index (χ2v) is 25.6. The zero-order chi connectivity index (χ0) is 58.5. The predicted molar refractivity (Wildman–Crippen MR) is 353 cm³/mol. The molecule has 0 spiro atoms. The van der Waals surface area contributed by atoms with E-state index < -0.39 is 6.10 Å². The normalized spacial score (nSPS) is 12.0. The Morgan fingerprint density at radius 2 is 0.407 bits per heavy atom. The van der Waals surface area contributed by atoms with E-state index in [1.165, 1.54) is 327 Å². The zero-order valence-electron chi connectivity index (χ0n) is 55.4. The first kappa shape index (κ1) is 79.2. The first-order valence-corrected chi connectivity index (χ1v) is 37.2. The summed E-state index contributed by atoms with van der Waals surface area (Å²) < 4.78 is 17.0. The van der Waals surface area contributed by atoms with Crippen molar-refractivity contribution in [2.24, 2.45) is 0 Å². The van der Waals surface area contributed by atoms with Crippen molar-refractivity contribution in [2.45, 2.75) is 438 Å². The predicted octanol–water partition coefficient (Wildman–Crippen LogP) is 25.6. The topological polar surface area (TPSA) is 78.9 Å². The monoisotopic (exact) mass is 1140 g/mol. The van der Waals surface area contributed by atoms with E-state index in [0.717, 1.165) is 64.2 Å². The second-order valence-electron chi connectivity index (χ2n) is 25.6. The lowest BCUT2D eigenvalue weighted by Gasteiger charge is -2.18. The van der Waals surface area contributed by atoms with Gasteiger partial charge in [0, 0.05) is 19.3 Å². The van der Waals surface area contributed by atoms with Crippen molar-refractivity contribution in [1.82, 2.24) is 0 Å². The number of carbonyl (C=O) groups excluding carboxylic acids is 3. The van der Waals surface area contributed by atoms with Crippen LogP contribution < -0.4 is 0 Å². The van der Waals surface area contributed by atoms with E-state index in [9.17, 15) is 14.4 Å². The van der Waals surface area contributed by atoms with Crippen molar-refractivity contribution in [3.63, 3.8) is 0 Å². The van der Waals surface area contributed by atoms with Gasteiger partial charge in [-0.25, -0.2) is 0 Å². The summed E-state index contributed by atoms with van der Waals surface area (Å²) >= 11 is 0. The Morgan fingerprint density at radius 1 is 0.235 bits per heavy atom. The summed E-state index contributed by atoms with van der Waals surface area (Å²) in [4.78, 5) is 38.4. The van der Waals surface area contributed by atoms with E-state index in [-0.39, 0.29) is 31.1 Å². The summed E-state index contributed by atoms with van der Waals surface area (Å²) in [7, 11) is 0. The Morgan fingerprint density at radius 3 is 0.642 bits per heavy atom. The molecule has 0 aliphatic rings. The third kappa shape index (κ3) is 68.8. The number of carbonyl (C=O) groups is 3. The van der Waals surface area contributed by atoms with Crippen molar-refractivity contribution in [2.75, 3.05) is 13.2 Å². The molecule has 0 bridgehead atoms. The highest BCUT2D eigenvalue weighted by Gasteiger charge is 2.20. The summed E-state index contributed by atoms with van der Waals surface area (Å²) in [6.45, 7) is 6.71. The van der Waals surface area contributed by atoms with E-state index >= 15 is 0 Å². The van der Waals surface area contributed by atoms with Gasteiger partial charge in [0.25, 0.3) is 0 Å². The minimum absolute atomic E-state index is 0.0656. The van der Waals surface area contributed by atoms with Crippen LogP contribution >= 0.6 is 0 Å². The van der Waals surface area contributed by atoms with Crippen molar-refractivity contribution in [3.05, 3.63) is 12.2 Å². The van der Waals surface area contributed by atoms with Crippen LogP contribution in [-0.2, 0) is 28.6 Å². The molecule has 480 valence electrons. The molecule has 0 aromatic heterocycles. The van der Waals surface area contributed by atoms with Crippen LogP contribution in [0.15, 0.2) is 12.2 Å². The van der Waals surface area contributed by atoms with Crippen LogP contribution in [0.3, 0.4) is 0 Å². The first-order chi connectivity index (χ1) is 40.0. The molecule has 0 aliphatic heterocycles. The van der Waals surface area contributed by atoms with Crippen LogP contribution in [0.5, 0.6) is 0 Å². The largest absolute Gasteiger partial charge is 0.462 e. The van der Waals surface area contributed by atoms with Gasteiger partial charge in [-0.3, -0.25) is 14.4 Å². The van der Waals surface area contributed by atoms with Crippen LogP contribution in [0, 0.1) is 0 Å². The molecule has 6 nitrogen and oxygen atoms in total. The van der Waals surface area contributed by atoms with Gasteiger partial charge in [-0.1, -0.05) is 380 Å². The number of hydrogen-bond donors (Lipinski definition) is 0. The minimum atomic E-state index is -0.770. The lowest BCUT2D eigenvalue weighted by atomic mass is 10.0. The summed E-state index contributed by atoms with van der Waals surface area (Å²) in [6, 6.07) is 0. The maximum absolute atomic E-state index is 13.0. The molecule has 0 fully saturated rings. The Labute approximate surface area is 507 Å². The van der Waals surface area contributed by atoms with Crippen molar-refractivity contribution in [3.8, 4) is 0 Å². The molecule has 0 heterocycles. The highest BCUT2D eigenvalue weighted by atomic mass is 16.6. The molecule has 0 N–H and O–H groups in total. The Kier molecular flexibility index (Phi) is 69.0. The van der Waals surface area contributed by atoms with E-state index in [2.05, 4.69) is 32.9 Å². The SMILES string of the molecule is CCCCC/C=C\CCCCCCCC(=O)OCC(COC(=O)CCCCCCCCCCCCCCCCCCCCCCCCCCCCCC)OC(=O)CCCCCCCCCCCCCCCCCCCCCCCCC. The summed E-state index contributed by atoms with van der Waals surface area (Å²) in [5, 5.41) is 0. The van der Waals surface area contributed by atoms with Crippen molar-refractivity contribution in [1.29, 1.82) is 0 Å². The molecule has 0 saturated heterocycles. The van der Waals surface area contributed by atoms with Gasteiger partial charge in [0.05, 0.1) is 0 Å². The van der Waals surface area contributed by atoms with Crippen LogP contribution in [0.2, 0.25) is 0 Å². The third-order valence-corrected chi connectivity index (χ3v) is 17.3. The second kappa shape index (κ2) is 70.6. The summed E-state index contributed by atoms with van der Waals surface area (Å²) in [5.41, 5.74) is 0. The highest BCUT2D eigenvalue weighted by Crippen LogP contribution is 2.20. The average Bonchev–Trinajstić information content (AvgIpc) is 3.47. The van der Waals surface area contributed by atoms with Gasteiger partial charge in [-0.15, -0.1) is 0 Å². The van der Waals surface area contributed by atoms with Gasteiger partial charge in [0.2, 0.25) is 0 Å². The van der Waals surface area contributed by atoms with Gasteiger partial charge in [-0.05, 0) is 44.9 Å². The maximum Gasteiger partial charge on any atom is 0.306 e. The van der Waals surface area contributed by atoms with E-state index in [1.54, 1.807) is 0 Å². The lowest BCUT2D eigenvalue weighted by Crippen LogP contribution is -2.30. The Balaban J connectivity index is 4.14. The number of allylic oxidation sites excluding steroid dienone is 2. The quantitative estimate of drug-likeness (QED) is 0.0261. The molecule has 0 rings (SSSR count). The maximum atomic E-state index is 13.0. The van der Waals surface area contributed by atoms with Gasteiger partial charge >= 0.3 is 17.9 Å². The average molecular weight is 1140 g/mol. The lowest BCUT2D eigenvalue weighted by molar-refractivity contribution is -0.167. The molecule has 0 radical (unpaired) electrons. The van der Waals surface area contributed by atoms with Gasteiger partial charge in [0.1, 0.15) is 13.2 Å². The van der Waals surface area contributed by atoms with Crippen molar-refractivity contribution >= 4 is 17.9 Å². The fraction of sp³-hybridized carbons (Fsp3) is 0.933. The molecule has 6 heteroatoms. The first-order valence-electron chi connectivity index (χ1n) is 37.2. The Bertz CT molecular complexity index is 1260. The molecule has 1 atom stereocenters. The highest BCUT2D eigenvalue weighted by molar-refractivity contribution is 5.71. The van der Waals surface area contributed by atoms with E-state index in [0.29, 0.717) is 19.3 Å². The van der Waals surface area contributed by atoms with Gasteiger partial charge < -0.3 is 14.2 Å². The number of hydrogen-bond acceptors (Lipinski definition) is 6. The number of esters is 3. The minimum Gasteiger partial charge on any atom is -0.462 e. The molecule has 0 saturated carbocycles. The van der Waals surface area contributed by atoms with Crippen LogP contribution in [0.4, 0.5) is 0 Å². The molecule has 0 aromatic rings. The third-order valence-electron chi connectivity index (χ3n) is 17.3. The number of rotatable bonds is 70. The standard InChI is InChI=1S/C75H144O6/c1-4-7-10-13-16-19-22-25-27-29-31-33-35-36-37-38-39-41-42-44-46-48-50-53-56-59-62-65-68-74(77)80-71-72(70-79-73(76)67-64-61-58-55-52-24-21-18-15-12-9-6-3)81-75(78)69-66-63-60-57-54-51-49-47-45-43-40-34-32-30-28-26-23-20-17-14-11-8-5-2/h18,21,72H,4-17,19-20,22-71H2,1-3H3/b21-18-. The van der Waals surface area contributed by atoms with Crippen LogP contribution in [-0.4, -0.2) is 37.2 Å². The molecule has 1 unspecified atom stereocenters. The molecule has 81 heavy (non-hydrogen) atoms. The molecular formula is C75H144O6. The van der Waals surface area contributed by atoms with Crippen LogP contribution in [0.1, 0.15) is 432 Å². The summed E-state index contributed by atoms with van der Waals surface area (Å²) in [5.74, 6) is -0.839. The van der Waals surface area contributed by atoms with Crippen LogP contribution in [0.25, 0.3) is 0 Å². The molecule has 0 aromatic carbocycles. The summed E-state index contributed by atoms with van der Waals surface area (Å²) in [6.07, 6.45) is 85.5. The fourth-order valence-electron chi connectivity index (χ4n) is 11.7.